The molecule has 11 heteroatoms. The van der Waals surface area contributed by atoms with Crippen molar-refractivity contribution in [2.24, 2.45) is 5.92 Å². The highest BCUT2D eigenvalue weighted by molar-refractivity contribution is 6.43. The normalized spacial score (nSPS) is 18.6. The van der Waals surface area contributed by atoms with Crippen LogP contribution in [0.5, 0.6) is 0 Å². The number of nitrogens with one attached hydrogen (secondary N) is 2. The van der Waals surface area contributed by atoms with E-state index in [4.69, 9.17) is 27.3 Å². The molecule has 4 rings (SSSR count). The quantitative estimate of drug-likeness (QED) is 0.570. The van der Waals surface area contributed by atoms with Gasteiger partial charge in [-0.3, -0.25) is 4.90 Å². The van der Waals surface area contributed by atoms with Crippen molar-refractivity contribution in [3.8, 4) is 5.69 Å². The first-order chi connectivity index (χ1) is 15.2. The lowest BCUT2D eigenvalue weighted by molar-refractivity contribution is 0.251. The average Bonchev–Trinajstić information content (AvgIpc) is 3.30. The number of urea groups is 1. The highest BCUT2D eigenvalue weighted by Crippen LogP contribution is 2.30. The molecule has 1 aromatic carbocycles. The number of anilines is 2. The first-order valence-electron chi connectivity index (χ1n) is 10.2. The molecule has 0 saturated carbocycles. The number of amides is 2. The molecule has 0 bridgehead atoms. The summed E-state index contributed by atoms with van der Waals surface area (Å²) in [6.07, 6.45) is 5.24. The van der Waals surface area contributed by atoms with E-state index in [1.807, 2.05) is 55.8 Å². The number of nitrogens with zero attached hydrogens (tertiary/aromatic N) is 5. The number of aromatic nitrogens is 4. The Hall–Kier alpha value is -3.00. The Balaban J connectivity index is 1.53. The molecular weight excluding hydrogens is 423 g/mol. The molecular formula is C21H22B2ClN7O. The van der Waals surface area contributed by atoms with E-state index in [-0.39, 0.29) is 12.0 Å². The van der Waals surface area contributed by atoms with Gasteiger partial charge in [-0.2, -0.15) is 4.98 Å². The third-order valence-electron chi connectivity index (χ3n) is 5.35. The topological polar surface area (TPSA) is 88.0 Å². The highest BCUT2D eigenvalue weighted by Gasteiger charge is 2.46. The molecule has 3 aromatic rings. The molecule has 160 valence electrons. The summed E-state index contributed by atoms with van der Waals surface area (Å²) in [5.41, 5.74) is 1.75. The second-order valence-corrected chi connectivity index (χ2v) is 8.65. The van der Waals surface area contributed by atoms with Crippen molar-refractivity contribution in [3.63, 3.8) is 0 Å². The number of carbonyl (C=O) groups excluding carboxylic acids is 1. The van der Waals surface area contributed by atoms with Crippen molar-refractivity contribution in [1.82, 2.24) is 24.8 Å². The predicted octanol–water partition coefficient (Wildman–Crippen LogP) is 3.03. The molecule has 2 aromatic heterocycles. The fourth-order valence-electron chi connectivity index (χ4n) is 3.89. The van der Waals surface area contributed by atoms with Gasteiger partial charge in [0.25, 0.3) is 0 Å². The van der Waals surface area contributed by atoms with Crippen LogP contribution in [0.15, 0.2) is 49.1 Å². The number of hydrogen-bond acceptors (Lipinski definition) is 5. The molecule has 32 heavy (non-hydrogen) atoms. The van der Waals surface area contributed by atoms with E-state index in [9.17, 15) is 4.79 Å². The minimum absolute atomic E-state index is 0.00563. The number of carbonyl (C=O) groups is 1. The molecule has 2 N–H and O–H groups in total. The zero-order valence-corrected chi connectivity index (χ0v) is 18.8. The van der Waals surface area contributed by atoms with E-state index in [2.05, 4.69) is 25.6 Å². The van der Waals surface area contributed by atoms with Crippen molar-refractivity contribution in [2.75, 3.05) is 10.2 Å². The minimum Gasteiger partial charge on any atom is -0.347 e. The number of rotatable bonds is 6. The monoisotopic (exact) mass is 445 g/mol. The van der Waals surface area contributed by atoms with Crippen LogP contribution in [0.1, 0.15) is 32.5 Å². The van der Waals surface area contributed by atoms with Gasteiger partial charge in [-0.25, -0.2) is 14.8 Å². The zero-order chi connectivity index (χ0) is 23.0. The van der Waals surface area contributed by atoms with E-state index in [0.717, 1.165) is 11.4 Å². The number of hydrogen-bond donors (Lipinski definition) is 2. The number of benzene rings is 1. The van der Waals surface area contributed by atoms with Gasteiger partial charge in [-0.1, -0.05) is 25.4 Å². The molecule has 4 radical (unpaired) electrons. The van der Waals surface area contributed by atoms with Gasteiger partial charge in [-0.05, 0) is 48.5 Å². The fourth-order valence-corrected chi connectivity index (χ4v) is 4.02. The van der Waals surface area contributed by atoms with Crippen molar-refractivity contribution in [1.29, 1.82) is 0 Å². The van der Waals surface area contributed by atoms with Crippen LogP contribution in [0.4, 0.5) is 16.6 Å². The maximum absolute atomic E-state index is 12.6. The lowest BCUT2D eigenvalue weighted by Gasteiger charge is -2.34. The van der Waals surface area contributed by atoms with Gasteiger partial charge in [-0.15, -0.1) is 0 Å². The van der Waals surface area contributed by atoms with Gasteiger partial charge in [0.2, 0.25) is 5.95 Å². The van der Waals surface area contributed by atoms with Crippen LogP contribution in [0.25, 0.3) is 5.69 Å². The van der Waals surface area contributed by atoms with Gasteiger partial charge in [0.15, 0.2) is 0 Å². The van der Waals surface area contributed by atoms with Crippen LogP contribution in [0.3, 0.4) is 0 Å². The summed E-state index contributed by atoms with van der Waals surface area (Å²) in [6.45, 7) is 5.85. The second-order valence-electron chi connectivity index (χ2n) is 8.21. The van der Waals surface area contributed by atoms with Crippen LogP contribution in [-0.4, -0.2) is 52.6 Å². The Bertz CT molecular complexity index is 1120. The summed E-state index contributed by atoms with van der Waals surface area (Å²) in [7, 11) is 12.2. The van der Waals surface area contributed by atoms with Gasteiger partial charge in [0.05, 0.1) is 33.8 Å². The molecule has 1 fully saturated rings. The number of imidazole rings is 1. The van der Waals surface area contributed by atoms with Crippen LogP contribution in [-0.2, 0) is 0 Å². The Morgan fingerprint density at radius 1 is 1.16 bits per heavy atom. The maximum atomic E-state index is 12.6. The van der Waals surface area contributed by atoms with Crippen LogP contribution < -0.4 is 15.5 Å². The standard InChI is InChI=1S/C21H22B2ClN7O/c1-12(2)18-21(22,23)29-20(32)31(18)17-8-9-25-19(28-17)27-13(3)16-10-30(11-26-16)15-6-4-14(24)5-7-15/h4-13,18H,1-3H3,(H,29,32)(H,25,27,28)/t13-,18?/m0/s1. The first kappa shape index (κ1) is 22.2. The third kappa shape index (κ3) is 4.32. The summed E-state index contributed by atoms with van der Waals surface area (Å²) in [5, 5.41) is 5.18. The van der Waals surface area contributed by atoms with E-state index in [0.29, 0.717) is 16.8 Å². The molecule has 0 spiro atoms. The summed E-state index contributed by atoms with van der Waals surface area (Å²) < 4.78 is 1.91. The molecule has 0 aliphatic carbocycles. The van der Waals surface area contributed by atoms with Crippen LogP contribution in [0, 0.1) is 5.92 Å². The molecule has 1 unspecified atom stereocenters. The van der Waals surface area contributed by atoms with Crippen molar-refractivity contribution >= 4 is 45.1 Å². The average molecular weight is 446 g/mol. The zero-order valence-electron chi connectivity index (χ0n) is 18.0. The van der Waals surface area contributed by atoms with Crippen molar-refractivity contribution < 1.29 is 4.79 Å². The molecule has 8 nitrogen and oxygen atoms in total. The molecule has 1 saturated heterocycles. The Morgan fingerprint density at radius 3 is 2.56 bits per heavy atom. The summed E-state index contributed by atoms with van der Waals surface area (Å²) in [6, 6.07) is 8.09. The number of halogens is 1. The lowest BCUT2D eigenvalue weighted by Crippen LogP contribution is -2.53. The smallest absolute Gasteiger partial charge is 0.322 e. The van der Waals surface area contributed by atoms with E-state index in [1.54, 1.807) is 18.6 Å². The molecule has 3 heterocycles. The second kappa shape index (κ2) is 8.50. The lowest BCUT2D eigenvalue weighted by atomic mass is 9.56. The Labute approximate surface area is 194 Å². The largest absolute Gasteiger partial charge is 0.347 e. The van der Waals surface area contributed by atoms with Gasteiger partial charge in [0.1, 0.15) is 5.82 Å². The molecule has 1 aliphatic heterocycles. The SMILES string of the molecule is [B]C1([B])NC(=O)N(c2ccnc(N[C@@H](C)c3cn(-c4ccc(Cl)cc4)cn3)n2)C1C(C)C. The Kier molecular flexibility index (Phi) is 5.90. The highest BCUT2D eigenvalue weighted by atomic mass is 35.5. The summed E-state index contributed by atoms with van der Waals surface area (Å²) >= 11 is 5.96. The fraction of sp³-hybridized carbons (Fsp3) is 0.333. The predicted molar refractivity (Wildman–Crippen MR) is 127 cm³/mol. The molecule has 1 aliphatic rings. The maximum Gasteiger partial charge on any atom is 0.322 e. The van der Waals surface area contributed by atoms with E-state index in [1.165, 1.54) is 4.90 Å². The first-order valence-corrected chi connectivity index (χ1v) is 10.6. The van der Waals surface area contributed by atoms with Gasteiger partial charge in [0, 0.05) is 29.1 Å². The minimum atomic E-state index is -1.36. The van der Waals surface area contributed by atoms with Crippen LogP contribution in [0.2, 0.25) is 5.02 Å². The Morgan fingerprint density at radius 2 is 1.88 bits per heavy atom. The van der Waals surface area contributed by atoms with Gasteiger partial charge >= 0.3 is 6.03 Å². The van der Waals surface area contributed by atoms with Crippen LogP contribution >= 0.6 is 11.6 Å². The summed E-state index contributed by atoms with van der Waals surface area (Å²) in [5.74, 6) is 0.777. The van der Waals surface area contributed by atoms with Crippen molar-refractivity contribution in [2.45, 2.75) is 38.2 Å². The van der Waals surface area contributed by atoms with E-state index >= 15 is 0 Å². The summed E-state index contributed by atoms with van der Waals surface area (Å²) in [4.78, 5) is 27.4. The molecule has 2 amide bonds. The van der Waals surface area contributed by atoms with Crippen molar-refractivity contribution in [3.05, 3.63) is 59.8 Å². The van der Waals surface area contributed by atoms with E-state index < -0.39 is 17.4 Å². The molecule has 2 atom stereocenters. The van der Waals surface area contributed by atoms with Gasteiger partial charge < -0.3 is 15.2 Å². The third-order valence-corrected chi connectivity index (χ3v) is 5.60.